The summed E-state index contributed by atoms with van der Waals surface area (Å²) in [6.45, 7) is 3.93. The molecule has 0 saturated carbocycles. The molecule has 1 heterocycles. The van der Waals surface area contributed by atoms with E-state index in [1.165, 1.54) is 5.56 Å². The van der Waals surface area contributed by atoms with E-state index in [-0.39, 0.29) is 0 Å². The van der Waals surface area contributed by atoms with E-state index in [0.29, 0.717) is 12.1 Å². The van der Waals surface area contributed by atoms with Crippen molar-refractivity contribution in [1.82, 2.24) is 5.32 Å². The maximum Gasteiger partial charge on any atom is 0.0561 e. The van der Waals surface area contributed by atoms with Gasteiger partial charge in [-0.05, 0) is 37.5 Å². The van der Waals surface area contributed by atoms with Gasteiger partial charge in [0.05, 0.1) is 6.10 Å². The zero-order chi connectivity index (χ0) is 11.4. The normalized spacial score (nSPS) is 25.6. The van der Waals surface area contributed by atoms with E-state index in [1.807, 2.05) is 12.1 Å². The van der Waals surface area contributed by atoms with E-state index < -0.39 is 0 Å². The smallest absolute Gasteiger partial charge is 0.0561 e. The number of nitrogens with two attached hydrogens (primary N) is 1. The number of rotatable bonds is 3. The number of ether oxygens (including phenoxy) is 1. The Kier molecular flexibility index (Phi) is 3.80. The van der Waals surface area contributed by atoms with Gasteiger partial charge in [0.2, 0.25) is 0 Å². The van der Waals surface area contributed by atoms with Gasteiger partial charge in [-0.2, -0.15) is 0 Å². The fourth-order valence-corrected chi connectivity index (χ4v) is 2.08. The summed E-state index contributed by atoms with van der Waals surface area (Å²) in [5.41, 5.74) is 7.76. The lowest BCUT2D eigenvalue weighted by Gasteiger charge is -2.28. The van der Waals surface area contributed by atoms with Crippen molar-refractivity contribution in [2.45, 2.75) is 38.5 Å². The van der Waals surface area contributed by atoms with Gasteiger partial charge in [0.15, 0.2) is 0 Å². The topological polar surface area (TPSA) is 47.3 Å². The molecule has 3 N–H and O–H groups in total. The molecule has 0 spiro atoms. The molecule has 1 fully saturated rings. The van der Waals surface area contributed by atoms with E-state index in [0.717, 1.165) is 31.7 Å². The minimum atomic E-state index is 0.387. The van der Waals surface area contributed by atoms with Crippen LogP contribution in [0.15, 0.2) is 24.3 Å². The summed E-state index contributed by atoms with van der Waals surface area (Å²) in [6, 6.07) is 8.63. The Morgan fingerprint density at radius 2 is 2.12 bits per heavy atom. The Hall–Kier alpha value is -1.06. The number of nitrogen functional groups attached to an aromatic ring is 1. The molecule has 1 aliphatic rings. The zero-order valence-corrected chi connectivity index (χ0v) is 9.78. The number of benzene rings is 1. The lowest BCUT2D eigenvalue weighted by molar-refractivity contribution is 0.0130. The summed E-state index contributed by atoms with van der Waals surface area (Å²) in [5.74, 6) is 0. The largest absolute Gasteiger partial charge is 0.399 e. The monoisotopic (exact) mass is 220 g/mol. The Balaban J connectivity index is 1.80. The molecule has 88 valence electrons. The van der Waals surface area contributed by atoms with Gasteiger partial charge in [-0.25, -0.2) is 0 Å². The summed E-state index contributed by atoms with van der Waals surface area (Å²) in [4.78, 5) is 0. The molecule has 3 heteroatoms. The molecule has 0 aromatic heterocycles. The van der Waals surface area contributed by atoms with Crippen LogP contribution in [0.25, 0.3) is 0 Å². The van der Waals surface area contributed by atoms with E-state index in [4.69, 9.17) is 10.5 Å². The number of hydrogen-bond acceptors (Lipinski definition) is 3. The number of nitrogens with one attached hydrogen (secondary N) is 1. The molecule has 3 nitrogen and oxygen atoms in total. The summed E-state index contributed by atoms with van der Waals surface area (Å²) < 4.78 is 5.52. The van der Waals surface area contributed by atoms with Crippen molar-refractivity contribution in [3.05, 3.63) is 29.8 Å². The second kappa shape index (κ2) is 5.32. The van der Waals surface area contributed by atoms with Gasteiger partial charge >= 0.3 is 0 Å². The first kappa shape index (κ1) is 11.4. The van der Waals surface area contributed by atoms with Crippen LogP contribution in [-0.4, -0.2) is 18.8 Å². The molecule has 0 radical (unpaired) electrons. The van der Waals surface area contributed by atoms with E-state index >= 15 is 0 Å². The van der Waals surface area contributed by atoms with Gasteiger partial charge in [0.25, 0.3) is 0 Å². The van der Waals surface area contributed by atoms with Gasteiger partial charge in [0.1, 0.15) is 0 Å². The van der Waals surface area contributed by atoms with Crippen molar-refractivity contribution in [3.63, 3.8) is 0 Å². The predicted molar refractivity (Wildman–Crippen MR) is 66.1 cm³/mol. The molecule has 1 aromatic rings. The number of anilines is 1. The van der Waals surface area contributed by atoms with Crippen LogP contribution < -0.4 is 11.1 Å². The van der Waals surface area contributed by atoms with Crippen molar-refractivity contribution < 1.29 is 4.74 Å². The molecule has 2 unspecified atom stereocenters. The van der Waals surface area contributed by atoms with Crippen LogP contribution in [0.2, 0.25) is 0 Å². The van der Waals surface area contributed by atoms with Gasteiger partial charge in [-0.1, -0.05) is 12.1 Å². The Labute approximate surface area is 97.0 Å². The van der Waals surface area contributed by atoms with Crippen molar-refractivity contribution in [1.29, 1.82) is 0 Å². The second-order valence-corrected chi connectivity index (χ2v) is 4.53. The summed E-state index contributed by atoms with van der Waals surface area (Å²) in [5, 5.41) is 3.57. The van der Waals surface area contributed by atoms with Crippen LogP contribution in [0, 0.1) is 0 Å². The maximum atomic E-state index is 5.65. The Morgan fingerprint density at radius 1 is 1.38 bits per heavy atom. The minimum absolute atomic E-state index is 0.387. The SMILES string of the molecule is CC1CC(NCc2ccc(N)cc2)CCO1. The highest BCUT2D eigenvalue weighted by atomic mass is 16.5. The average Bonchev–Trinajstić information content (AvgIpc) is 2.28. The van der Waals surface area contributed by atoms with Crippen LogP contribution in [0.5, 0.6) is 0 Å². The van der Waals surface area contributed by atoms with Crippen molar-refractivity contribution in [2.24, 2.45) is 0 Å². The van der Waals surface area contributed by atoms with Crippen LogP contribution >= 0.6 is 0 Å². The molecule has 2 rings (SSSR count). The lowest BCUT2D eigenvalue weighted by Crippen LogP contribution is -2.37. The minimum Gasteiger partial charge on any atom is -0.399 e. The molecule has 1 aromatic carbocycles. The van der Waals surface area contributed by atoms with Crippen molar-refractivity contribution >= 4 is 5.69 Å². The molecule has 1 saturated heterocycles. The molecule has 16 heavy (non-hydrogen) atoms. The van der Waals surface area contributed by atoms with Gasteiger partial charge in [0, 0.05) is 24.9 Å². The van der Waals surface area contributed by atoms with E-state index in [2.05, 4.69) is 24.4 Å². The third-order valence-electron chi connectivity index (χ3n) is 3.06. The third kappa shape index (κ3) is 3.22. The zero-order valence-electron chi connectivity index (χ0n) is 9.78. The maximum absolute atomic E-state index is 5.65. The molecule has 0 amide bonds. The van der Waals surface area contributed by atoms with Crippen LogP contribution in [0.4, 0.5) is 5.69 Å². The average molecular weight is 220 g/mol. The van der Waals surface area contributed by atoms with Gasteiger partial charge in [-0.15, -0.1) is 0 Å². The van der Waals surface area contributed by atoms with Gasteiger partial charge < -0.3 is 15.8 Å². The van der Waals surface area contributed by atoms with Gasteiger partial charge in [-0.3, -0.25) is 0 Å². The summed E-state index contributed by atoms with van der Waals surface area (Å²) in [6.07, 6.45) is 2.60. The highest BCUT2D eigenvalue weighted by Gasteiger charge is 2.18. The lowest BCUT2D eigenvalue weighted by atomic mass is 10.0. The Bertz CT molecular complexity index is 323. The van der Waals surface area contributed by atoms with Crippen LogP contribution in [0.1, 0.15) is 25.3 Å². The molecular weight excluding hydrogens is 200 g/mol. The first-order valence-electron chi connectivity index (χ1n) is 5.93. The summed E-state index contributed by atoms with van der Waals surface area (Å²) >= 11 is 0. The highest BCUT2D eigenvalue weighted by molar-refractivity contribution is 5.39. The quantitative estimate of drug-likeness (QED) is 0.765. The van der Waals surface area contributed by atoms with E-state index in [1.54, 1.807) is 0 Å². The van der Waals surface area contributed by atoms with Crippen molar-refractivity contribution in [2.75, 3.05) is 12.3 Å². The fraction of sp³-hybridized carbons (Fsp3) is 0.538. The van der Waals surface area contributed by atoms with E-state index in [9.17, 15) is 0 Å². The molecule has 2 atom stereocenters. The molecule has 0 aliphatic carbocycles. The fourth-order valence-electron chi connectivity index (χ4n) is 2.08. The molecular formula is C13H20N2O. The second-order valence-electron chi connectivity index (χ2n) is 4.53. The summed E-state index contributed by atoms with van der Waals surface area (Å²) in [7, 11) is 0. The third-order valence-corrected chi connectivity index (χ3v) is 3.06. The van der Waals surface area contributed by atoms with Crippen LogP contribution in [-0.2, 0) is 11.3 Å². The first-order valence-corrected chi connectivity index (χ1v) is 5.93. The molecule has 0 bridgehead atoms. The highest BCUT2D eigenvalue weighted by Crippen LogP contribution is 2.14. The van der Waals surface area contributed by atoms with Crippen LogP contribution in [0.3, 0.4) is 0 Å². The number of hydrogen-bond donors (Lipinski definition) is 2. The Morgan fingerprint density at radius 3 is 2.81 bits per heavy atom. The molecule has 1 aliphatic heterocycles. The standard InChI is InChI=1S/C13H20N2O/c1-10-8-13(6-7-16-10)15-9-11-2-4-12(14)5-3-11/h2-5,10,13,15H,6-9,14H2,1H3. The first-order chi connectivity index (χ1) is 7.74. The van der Waals surface area contributed by atoms with Crippen molar-refractivity contribution in [3.8, 4) is 0 Å². The predicted octanol–water partition coefficient (Wildman–Crippen LogP) is 1.93.